The van der Waals surface area contributed by atoms with Crippen LogP contribution in [0.2, 0.25) is 0 Å². The number of halogens is 2. The molecule has 0 aliphatic carbocycles. The van der Waals surface area contributed by atoms with E-state index in [0.29, 0.717) is 6.54 Å². The van der Waals surface area contributed by atoms with Gasteiger partial charge in [0.2, 0.25) is 0 Å². The third-order valence-electron chi connectivity index (χ3n) is 2.68. The molecule has 0 fully saturated rings. The fraction of sp³-hybridized carbons (Fsp3) is 0.214. The molecule has 0 spiro atoms. The minimum atomic E-state index is 0.700. The molecule has 2 rings (SSSR count). The third-order valence-corrected chi connectivity index (χ3v) is 3.80. The second kappa shape index (κ2) is 7.03. The van der Waals surface area contributed by atoms with Gasteiger partial charge in [0, 0.05) is 33.8 Å². The Morgan fingerprint density at radius 1 is 1.21 bits per heavy atom. The number of ether oxygens (including phenoxy) is 1. The van der Waals surface area contributed by atoms with Crippen molar-refractivity contribution in [2.45, 2.75) is 13.1 Å². The molecule has 0 aliphatic rings. The summed E-state index contributed by atoms with van der Waals surface area (Å²) in [5.41, 5.74) is 2.12. The van der Waals surface area contributed by atoms with Crippen molar-refractivity contribution < 1.29 is 4.74 Å². The molecular formula is C14H14Br2N2O. The van der Waals surface area contributed by atoms with E-state index in [9.17, 15) is 0 Å². The van der Waals surface area contributed by atoms with Crippen LogP contribution in [0.1, 0.15) is 11.3 Å². The standard InChI is InChI=1S/C14H14Br2N2O/c1-19-14-5-3-2-4-10(14)7-17-9-13-12(16)6-11(15)8-18-13/h2-6,8,17H,7,9H2,1H3. The summed E-state index contributed by atoms with van der Waals surface area (Å²) in [6.07, 6.45) is 1.80. The van der Waals surface area contributed by atoms with E-state index in [1.54, 1.807) is 13.3 Å². The first-order chi connectivity index (χ1) is 9.20. The van der Waals surface area contributed by atoms with Crippen LogP contribution in [-0.2, 0) is 13.1 Å². The zero-order valence-corrected chi connectivity index (χ0v) is 13.7. The summed E-state index contributed by atoms with van der Waals surface area (Å²) in [6, 6.07) is 9.98. The lowest BCUT2D eigenvalue weighted by Gasteiger charge is -2.10. The van der Waals surface area contributed by atoms with Gasteiger partial charge in [-0.05, 0) is 44.0 Å². The summed E-state index contributed by atoms with van der Waals surface area (Å²) in [7, 11) is 1.69. The van der Waals surface area contributed by atoms with Gasteiger partial charge in [0.1, 0.15) is 5.75 Å². The molecule has 0 saturated heterocycles. The van der Waals surface area contributed by atoms with E-state index < -0.39 is 0 Å². The van der Waals surface area contributed by atoms with Crippen molar-refractivity contribution in [3.63, 3.8) is 0 Å². The summed E-state index contributed by atoms with van der Waals surface area (Å²) < 4.78 is 7.28. The topological polar surface area (TPSA) is 34.1 Å². The minimum Gasteiger partial charge on any atom is -0.496 e. The molecular weight excluding hydrogens is 372 g/mol. The van der Waals surface area contributed by atoms with E-state index >= 15 is 0 Å². The van der Waals surface area contributed by atoms with Gasteiger partial charge in [0.25, 0.3) is 0 Å². The Balaban J connectivity index is 1.96. The molecule has 1 aromatic heterocycles. The Morgan fingerprint density at radius 2 is 2.00 bits per heavy atom. The molecule has 100 valence electrons. The highest BCUT2D eigenvalue weighted by molar-refractivity contribution is 9.11. The van der Waals surface area contributed by atoms with Crippen molar-refractivity contribution >= 4 is 31.9 Å². The first-order valence-electron chi connectivity index (χ1n) is 5.83. The lowest BCUT2D eigenvalue weighted by Crippen LogP contribution is -2.14. The predicted octanol–water partition coefficient (Wildman–Crippen LogP) is 3.91. The highest BCUT2D eigenvalue weighted by Gasteiger charge is 2.04. The number of methoxy groups -OCH3 is 1. The molecule has 1 aromatic carbocycles. The van der Waals surface area contributed by atoms with Crippen LogP contribution < -0.4 is 10.1 Å². The molecule has 19 heavy (non-hydrogen) atoms. The van der Waals surface area contributed by atoms with Gasteiger partial charge < -0.3 is 10.1 Å². The lowest BCUT2D eigenvalue weighted by atomic mass is 10.2. The molecule has 3 nitrogen and oxygen atoms in total. The smallest absolute Gasteiger partial charge is 0.123 e. The van der Waals surface area contributed by atoms with Crippen molar-refractivity contribution in [1.82, 2.24) is 10.3 Å². The third kappa shape index (κ3) is 4.03. The highest BCUT2D eigenvalue weighted by Crippen LogP contribution is 2.20. The average molecular weight is 386 g/mol. The fourth-order valence-corrected chi connectivity index (χ4v) is 2.87. The van der Waals surface area contributed by atoms with Gasteiger partial charge in [-0.1, -0.05) is 18.2 Å². The summed E-state index contributed by atoms with van der Waals surface area (Å²) >= 11 is 6.90. The van der Waals surface area contributed by atoms with Gasteiger partial charge in [0.15, 0.2) is 0 Å². The highest BCUT2D eigenvalue weighted by atomic mass is 79.9. The Hall–Kier alpha value is -0.910. The Bertz CT molecular complexity index is 561. The number of nitrogens with zero attached hydrogens (tertiary/aromatic N) is 1. The van der Waals surface area contributed by atoms with Crippen LogP contribution in [0.4, 0.5) is 0 Å². The molecule has 0 radical (unpaired) electrons. The van der Waals surface area contributed by atoms with Crippen LogP contribution in [0.25, 0.3) is 0 Å². The molecule has 0 aliphatic heterocycles. The Morgan fingerprint density at radius 3 is 2.74 bits per heavy atom. The molecule has 1 heterocycles. The van der Waals surface area contributed by atoms with Crippen LogP contribution in [0.15, 0.2) is 45.5 Å². The number of nitrogens with one attached hydrogen (secondary N) is 1. The number of aromatic nitrogens is 1. The molecule has 0 bridgehead atoms. The van der Waals surface area contributed by atoms with Crippen molar-refractivity contribution in [2.24, 2.45) is 0 Å². The zero-order chi connectivity index (χ0) is 13.7. The molecule has 0 unspecified atom stereocenters. The van der Waals surface area contributed by atoms with E-state index in [0.717, 1.165) is 32.5 Å². The molecule has 0 amide bonds. The second-order valence-electron chi connectivity index (χ2n) is 4.00. The van der Waals surface area contributed by atoms with Gasteiger partial charge >= 0.3 is 0 Å². The summed E-state index contributed by atoms with van der Waals surface area (Å²) in [5.74, 6) is 0.901. The normalized spacial score (nSPS) is 10.5. The number of pyridine rings is 1. The quantitative estimate of drug-likeness (QED) is 0.847. The van der Waals surface area contributed by atoms with E-state index in [1.165, 1.54) is 0 Å². The van der Waals surface area contributed by atoms with Crippen LogP contribution >= 0.6 is 31.9 Å². The number of benzene rings is 1. The second-order valence-corrected chi connectivity index (χ2v) is 5.77. The average Bonchev–Trinajstić information content (AvgIpc) is 2.42. The minimum absolute atomic E-state index is 0.700. The lowest BCUT2D eigenvalue weighted by molar-refractivity contribution is 0.407. The van der Waals surface area contributed by atoms with Gasteiger partial charge in [-0.25, -0.2) is 0 Å². The molecule has 0 atom stereocenters. The van der Waals surface area contributed by atoms with E-state index in [2.05, 4.69) is 48.2 Å². The van der Waals surface area contributed by atoms with Gasteiger partial charge in [-0.15, -0.1) is 0 Å². The summed E-state index contributed by atoms with van der Waals surface area (Å²) in [6.45, 7) is 1.44. The van der Waals surface area contributed by atoms with E-state index in [4.69, 9.17) is 4.74 Å². The van der Waals surface area contributed by atoms with Crippen LogP contribution in [-0.4, -0.2) is 12.1 Å². The first kappa shape index (κ1) is 14.5. The predicted molar refractivity (Wildman–Crippen MR) is 83.2 cm³/mol. The number of hydrogen-bond acceptors (Lipinski definition) is 3. The SMILES string of the molecule is COc1ccccc1CNCc1ncc(Br)cc1Br. The summed E-state index contributed by atoms with van der Waals surface area (Å²) in [5, 5.41) is 3.37. The molecule has 1 N–H and O–H groups in total. The van der Waals surface area contributed by atoms with Crippen LogP contribution in [0, 0.1) is 0 Å². The molecule has 2 aromatic rings. The monoisotopic (exact) mass is 384 g/mol. The maximum atomic E-state index is 5.32. The Kier molecular flexibility index (Phi) is 5.36. The van der Waals surface area contributed by atoms with Gasteiger partial charge in [0.05, 0.1) is 12.8 Å². The number of rotatable bonds is 5. The maximum absolute atomic E-state index is 5.32. The summed E-state index contributed by atoms with van der Waals surface area (Å²) in [4.78, 5) is 4.36. The molecule has 5 heteroatoms. The maximum Gasteiger partial charge on any atom is 0.123 e. The van der Waals surface area contributed by atoms with E-state index in [1.807, 2.05) is 24.3 Å². The van der Waals surface area contributed by atoms with Crippen molar-refractivity contribution in [2.75, 3.05) is 7.11 Å². The fourth-order valence-electron chi connectivity index (χ4n) is 1.74. The van der Waals surface area contributed by atoms with Crippen molar-refractivity contribution in [3.8, 4) is 5.75 Å². The van der Waals surface area contributed by atoms with Crippen molar-refractivity contribution in [3.05, 3.63) is 56.7 Å². The van der Waals surface area contributed by atoms with Gasteiger partial charge in [-0.2, -0.15) is 0 Å². The van der Waals surface area contributed by atoms with Crippen LogP contribution in [0.3, 0.4) is 0 Å². The van der Waals surface area contributed by atoms with Crippen LogP contribution in [0.5, 0.6) is 5.75 Å². The Labute approximate surface area is 129 Å². The number of hydrogen-bond donors (Lipinski definition) is 1. The number of para-hydroxylation sites is 1. The van der Waals surface area contributed by atoms with Gasteiger partial charge in [-0.3, -0.25) is 4.98 Å². The zero-order valence-electron chi connectivity index (χ0n) is 10.5. The molecule has 0 saturated carbocycles. The van der Waals surface area contributed by atoms with E-state index in [-0.39, 0.29) is 0 Å². The van der Waals surface area contributed by atoms with Crippen molar-refractivity contribution in [1.29, 1.82) is 0 Å². The largest absolute Gasteiger partial charge is 0.496 e. The first-order valence-corrected chi connectivity index (χ1v) is 7.42.